The van der Waals surface area contributed by atoms with E-state index in [0.717, 1.165) is 24.0 Å². The highest BCUT2D eigenvalue weighted by Gasteiger charge is 2.14. The SMILES string of the molecule is CN(C)CCCOC(=O)c1cccc2nc3ccccc3nc12.Cl. The van der Waals surface area contributed by atoms with Gasteiger partial charge in [0.1, 0.15) is 5.52 Å². The maximum absolute atomic E-state index is 12.3. The summed E-state index contributed by atoms with van der Waals surface area (Å²) in [7, 11) is 3.99. The molecule has 0 radical (unpaired) electrons. The Balaban J connectivity index is 0.00000208. The predicted octanol–water partition coefficient (Wildman–Crippen LogP) is 3.31. The minimum Gasteiger partial charge on any atom is -0.462 e. The molecule has 0 fully saturated rings. The van der Waals surface area contributed by atoms with Crippen LogP contribution >= 0.6 is 12.4 Å². The number of rotatable bonds is 5. The van der Waals surface area contributed by atoms with E-state index in [1.807, 2.05) is 50.5 Å². The number of ether oxygens (including phenoxy) is 1. The number of fused-ring (bicyclic) bond motifs is 2. The van der Waals surface area contributed by atoms with Crippen molar-refractivity contribution < 1.29 is 9.53 Å². The Morgan fingerprint density at radius 2 is 1.67 bits per heavy atom. The van der Waals surface area contributed by atoms with Gasteiger partial charge in [0.05, 0.1) is 28.7 Å². The van der Waals surface area contributed by atoms with Gasteiger partial charge in [-0.3, -0.25) is 0 Å². The van der Waals surface area contributed by atoms with Gasteiger partial charge in [0, 0.05) is 6.54 Å². The smallest absolute Gasteiger partial charge is 0.340 e. The van der Waals surface area contributed by atoms with E-state index in [0.29, 0.717) is 23.2 Å². The molecule has 0 spiro atoms. The number of carbonyl (C=O) groups excluding carboxylic acids is 1. The number of hydrogen-bond acceptors (Lipinski definition) is 5. The van der Waals surface area contributed by atoms with Crippen LogP contribution in [0, 0.1) is 0 Å². The Morgan fingerprint density at radius 3 is 2.38 bits per heavy atom. The van der Waals surface area contributed by atoms with Crippen LogP contribution in [-0.2, 0) is 4.74 Å². The topological polar surface area (TPSA) is 55.3 Å². The third-order valence-corrected chi connectivity index (χ3v) is 3.57. The van der Waals surface area contributed by atoms with Gasteiger partial charge in [-0.25, -0.2) is 14.8 Å². The number of halogens is 1. The molecule has 0 atom stereocenters. The molecule has 0 aliphatic rings. The quantitative estimate of drug-likeness (QED) is 0.403. The first-order chi connectivity index (χ1) is 11.1. The van der Waals surface area contributed by atoms with Crippen LogP contribution in [0.4, 0.5) is 0 Å². The van der Waals surface area contributed by atoms with Crippen LogP contribution in [0.15, 0.2) is 42.5 Å². The summed E-state index contributed by atoms with van der Waals surface area (Å²) < 4.78 is 5.37. The van der Waals surface area contributed by atoms with Gasteiger partial charge in [0.2, 0.25) is 0 Å². The minimum atomic E-state index is -0.348. The average Bonchev–Trinajstić information content (AvgIpc) is 2.56. The zero-order chi connectivity index (χ0) is 16.2. The number of esters is 1. The van der Waals surface area contributed by atoms with Crippen molar-refractivity contribution in [2.75, 3.05) is 27.2 Å². The summed E-state index contributed by atoms with van der Waals surface area (Å²) in [4.78, 5) is 23.5. The van der Waals surface area contributed by atoms with E-state index in [4.69, 9.17) is 4.74 Å². The highest BCUT2D eigenvalue weighted by molar-refractivity contribution is 6.03. The van der Waals surface area contributed by atoms with Gasteiger partial charge < -0.3 is 9.64 Å². The second-order valence-electron chi connectivity index (χ2n) is 5.68. The molecule has 0 saturated carbocycles. The lowest BCUT2D eigenvalue weighted by molar-refractivity contribution is 0.0495. The molecule has 1 aromatic heterocycles. The summed E-state index contributed by atoms with van der Waals surface area (Å²) >= 11 is 0. The first-order valence-electron chi connectivity index (χ1n) is 7.62. The Hall–Kier alpha value is -2.24. The number of para-hydroxylation sites is 3. The molecule has 0 saturated heterocycles. The number of aromatic nitrogens is 2. The lowest BCUT2D eigenvalue weighted by Crippen LogP contribution is -2.16. The van der Waals surface area contributed by atoms with E-state index in [1.165, 1.54) is 0 Å². The molecule has 0 N–H and O–H groups in total. The lowest BCUT2D eigenvalue weighted by atomic mass is 10.1. The fraction of sp³-hybridized carbons (Fsp3) is 0.278. The molecule has 6 heteroatoms. The second kappa shape index (κ2) is 8.04. The summed E-state index contributed by atoms with van der Waals surface area (Å²) in [6.07, 6.45) is 0.804. The first kappa shape index (κ1) is 18.1. The van der Waals surface area contributed by atoms with Crippen LogP contribution < -0.4 is 0 Å². The monoisotopic (exact) mass is 345 g/mol. The maximum atomic E-state index is 12.3. The molecule has 2 aromatic carbocycles. The van der Waals surface area contributed by atoms with Crippen molar-refractivity contribution in [3.8, 4) is 0 Å². The molecule has 3 aromatic rings. The average molecular weight is 346 g/mol. The number of carbonyl (C=O) groups is 1. The molecule has 5 nitrogen and oxygen atoms in total. The molecular weight excluding hydrogens is 326 g/mol. The summed E-state index contributed by atoms with van der Waals surface area (Å²) in [6.45, 7) is 1.28. The van der Waals surface area contributed by atoms with Gasteiger partial charge in [0.15, 0.2) is 0 Å². The number of nitrogens with zero attached hydrogens (tertiary/aromatic N) is 3. The Labute approximate surface area is 147 Å². The molecule has 24 heavy (non-hydrogen) atoms. The normalized spacial score (nSPS) is 10.8. The van der Waals surface area contributed by atoms with Crippen LogP contribution in [0.25, 0.3) is 22.1 Å². The highest BCUT2D eigenvalue weighted by Crippen LogP contribution is 2.20. The zero-order valence-electron chi connectivity index (χ0n) is 13.7. The molecule has 0 aliphatic carbocycles. The largest absolute Gasteiger partial charge is 0.462 e. The van der Waals surface area contributed by atoms with Gasteiger partial charge in [-0.15, -0.1) is 12.4 Å². The Morgan fingerprint density at radius 1 is 1.00 bits per heavy atom. The third kappa shape index (κ3) is 3.99. The Kier molecular flexibility index (Phi) is 6.06. The lowest BCUT2D eigenvalue weighted by Gasteiger charge is -2.10. The fourth-order valence-corrected chi connectivity index (χ4v) is 2.43. The van der Waals surface area contributed by atoms with Crippen molar-refractivity contribution >= 4 is 40.4 Å². The van der Waals surface area contributed by atoms with Crippen molar-refractivity contribution in [3.05, 3.63) is 48.0 Å². The van der Waals surface area contributed by atoms with Crippen molar-refractivity contribution in [3.63, 3.8) is 0 Å². The standard InChI is InChI=1S/C18H19N3O2.ClH/c1-21(2)11-6-12-23-18(22)13-7-5-10-16-17(13)20-15-9-4-3-8-14(15)19-16;/h3-5,7-10H,6,11-12H2,1-2H3;1H. The molecule has 0 amide bonds. The van der Waals surface area contributed by atoms with Gasteiger partial charge >= 0.3 is 5.97 Å². The van der Waals surface area contributed by atoms with Gasteiger partial charge in [-0.2, -0.15) is 0 Å². The van der Waals surface area contributed by atoms with Gasteiger partial charge in [-0.05, 0) is 44.8 Å². The van der Waals surface area contributed by atoms with Crippen molar-refractivity contribution in [1.29, 1.82) is 0 Å². The molecule has 3 rings (SSSR count). The second-order valence-corrected chi connectivity index (χ2v) is 5.68. The summed E-state index contributed by atoms with van der Waals surface area (Å²) in [5.74, 6) is -0.348. The van der Waals surface area contributed by atoms with E-state index in [1.54, 1.807) is 6.07 Å². The van der Waals surface area contributed by atoms with Crippen LogP contribution in [0.2, 0.25) is 0 Å². The molecule has 0 bridgehead atoms. The third-order valence-electron chi connectivity index (χ3n) is 3.57. The van der Waals surface area contributed by atoms with Crippen LogP contribution in [0.1, 0.15) is 16.8 Å². The van der Waals surface area contributed by atoms with E-state index < -0.39 is 0 Å². The van der Waals surface area contributed by atoms with Gasteiger partial charge in [-0.1, -0.05) is 18.2 Å². The molecule has 126 valence electrons. The summed E-state index contributed by atoms with van der Waals surface area (Å²) in [6, 6.07) is 13.0. The Bertz CT molecular complexity index is 852. The van der Waals surface area contributed by atoms with Crippen LogP contribution in [0.5, 0.6) is 0 Å². The van der Waals surface area contributed by atoms with Crippen molar-refractivity contribution in [2.24, 2.45) is 0 Å². The van der Waals surface area contributed by atoms with Gasteiger partial charge in [0.25, 0.3) is 0 Å². The van der Waals surface area contributed by atoms with Crippen molar-refractivity contribution in [2.45, 2.75) is 6.42 Å². The number of hydrogen-bond donors (Lipinski definition) is 0. The van der Waals surface area contributed by atoms with Crippen LogP contribution in [-0.4, -0.2) is 48.1 Å². The molecule has 0 aliphatic heterocycles. The van der Waals surface area contributed by atoms with Crippen LogP contribution in [0.3, 0.4) is 0 Å². The van der Waals surface area contributed by atoms with Crippen molar-refractivity contribution in [1.82, 2.24) is 14.9 Å². The van der Waals surface area contributed by atoms with E-state index in [-0.39, 0.29) is 18.4 Å². The molecule has 0 unspecified atom stereocenters. The predicted molar refractivity (Wildman–Crippen MR) is 97.7 cm³/mol. The molecular formula is C18H20ClN3O2. The fourth-order valence-electron chi connectivity index (χ4n) is 2.43. The minimum absolute atomic E-state index is 0. The molecule has 1 heterocycles. The summed E-state index contributed by atoms with van der Waals surface area (Å²) in [5, 5.41) is 0. The zero-order valence-corrected chi connectivity index (χ0v) is 14.5. The first-order valence-corrected chi connectivity index (χ1v) is 7.62. The number of benzene rings is 2. The van der Waals surface area contributed by atoms with E-state index >= 15 is 0 Å². The summed E-state index contributed by atoms with van der Waals surface area (Å²) in [5.41, 5.74) is 3.34. The highest BCUT2D eigenvalue weighted by atomic mass is 35.5. The maximum Gasteiger partial charge on any atom is 0.340 e. The van der Waals surface area contributed by atoms with E-state index in [9.17, 15) is 4.79 Å². The van der Waals surface area contributed by atoms with E-state index in [2.05, 4.69) is 14.9 Å².